The van der Waals surface area contributed by atoms with Gasteiger partial charge in [0.1, 0.15) is 0 Å². The molecule has 1 heterocycles. The van der Waals surface area contributed by atoms with Gasteiger partial charge in [-0.05, 0) is 62.4 Å². The molecule has 2 aliphatic rings. The predicted molar refractivity (Wildman–Crippen MR) is 86.2 cm³/mol. The van der Waals surface area contributed by atoms with Crippen LogP contribution in [0, 0.1) is 17.3 Å². The second kappa shape index (κ2) is 8.23. The lowest BCUT2D eigenvalue weighted by Gasteiger charge is -2.28. The first-order chi connectivity index (χ1) is 9.15. The highest BCUT2D eigenvalue weighted by molar-refractivity contribution is 5.85. The van der Waals surface area contributed by atoms with Gasteiger partial charge in [-0.15, -0.1) is 12.4 Å². The number of hydrogen-bond donors (Lipinski definition) is 2. The van der Waals surface area contributed by atoms with Crippen LogP contribution in [0.15, 0.2) is 0 Å². The summed E-state index contributed by atoms with van der Waals surface area (Å²) in [7, 11) is 0. The molecule has 1 aliphatic carbocycles. The molecular weight excluding hydrogens is 272 g/mol. The zero-order valence-corrected chi connectivity index (χ0v) is 13.9. The lowest BCUT2D eigenvalue weighted by Crippen LogP contribution is -2.36. The van der Waals surface area contributed by atoms with Gasteiger partial charge in [-0.2, -0.15) is 0 Å². The average Bonchev–Trinajstić information content (AvgIpc) is 3.18. The normalized spacial score (nSPS) is 25.4. The molecule has 1 amide bonds. The highest BCUT2D eigenvalue weighted by Gasteiger charge is 2.41. The van der Waals surface area contributed by atoms with Crippen molar-refractivity contribution in [3.63, 3.8) is 0 Å². The number of rotatable bonds is 7. The van der Waals surface area contributed by atoms with Crippen molar-refractivity contribution in [1.82, 2.24) is 10.6 Å². The summed E-state index contributed by atoms with van der Waals surface area (Å²) in [5, 5.41) is 6.62. The van der Waals surface area contributed by atoms with Gasteiger partial charge < -0.3 is 10.6 Å². The van der Waals surface area contributed by atoms with E-state index in [0.717, 1.165) is 19.6 Å². The van der Waals surface area contributed by atoms with Gasteiger partial charge in [0.25, 0.3) is 0 Å². The molecule has 118 valence electrons. The largest absolute Gasteiger partial charge is 0.356 e. The van der Waals surface area contributed by atoms with Crippen molar-refractivity contribution in [2.24, 2.45) is 17.3 Å². The van der Waals surface area contributed by atoms with E-state index >= 15 is 0 Å². The molecule has 0 aromatic rings. The minimum Gasteiger partial charge on any atom is -0.356 e. The lowest BCUT2D eigenvalue weighted by molar-refractivity contribution is -0.122. The summed E-state index contributed by atoms with van der Waals surface area (Å²) < 4.78 is 0. The van der Waals surface area contributed by atoms with Crippen molar-refractivity contribution in [3.8, 4) is 0 Å². The van der Waals surface area contributed by atoms with Gasteiger partial charge in [-0.1, -0.05) is 20.3 Å². The third-order valence-electron chi connectivity index (χ3n) is 5.05. The van der Waals surface area contributed by atoms with E-state index in [0.29, 0.717) is 23.7 Å². The fourth-order valence-corrected chi connectivity index (χ4v) is 3.40. The van der Waals surface area contributed by atoms with Crippen LogP contribution in [0.3, 0.4) is 0 Å². The third-order valence-corrected chi connectivity index (χ3v) is 5.05. The maximum absolute atomic E-state index is 12.0. The number of halogens is 1. The van der Waals surface area contributed by atoms with E-state index < -0.39 is 0 Å². The summed E-state index contributed by atoms with van der Waals surface area (Å²) in [6.07, 6.45) is 8.37. The fourth-order valence-electron chi connectivity index (χ4n) is 3.40. The van der Waals surface area contributed by atoms with Crippen molar-refractivity contribution in [3.05, 3.63) is 0 Å². The highest BCUT2D eigenvalue weighted by Crippen LogP contribution is 2.48. The van der Waals surface area contributed by atoms with E-state index in [1.54, 1.807) is 0 Å². The number of piperidine rings is 1. The quantitative estimate of drug-likeness (QED) is 0.758. The van der Waals surface area contributed by atoms with Crippen LogP contribution in [0.2, 0.25) is 0 Å². The predicted octanol–water partition coefficient (Wildman–Crippen LogP) is 3.13. The van der Waals surface area contributed by atoms with Crippen LogP contribution >= 0.6 is 12.4 Å². The van der Waals surface area contributed by atoms with E-state index in [2.05, 4.69) is 24.5 Å². The molecule has 2 fully saturated rings. The van der Waals surface area contributed by atoms with E-state index in [-0.39, 0.29) is 18.3 Å². The van der Waals surface area contributed by atoms with Crippen LogP contribution in [0.25, 0.3) is 0 Å². The Labute approximate surface area is 130 Å². The van der Waals surface area contributed by atoms with Crippen molar-refractivity contribution < 1.29 is 4.79 Å². The Balaban J connectivity index is 0.00000200. The van der Waals surface area contributed by atoms with E-state index in [1.807, 2.05) is 0 Å². The van der Waals surface area contributed by atoms with E-state index in [9.17, 15) is 4.79 Å². The Kier molecular flexibility index (Phi) is 7.32. The molecule has 0 spiro atoms. The van der Waals surface area contributed by atoms with Crippen LogP contribution < -0.4 is 10.6 Å². The fraction of sp³-hybridized carbons (Fsp3) is 0.938. The SMILES string of the molecule is CCCC1(CNC(=O)CC(C)C2CCCNC2)CC1.Cl. The molecule has 2 unspecified atom stereocenters. The summed E-state index contributed by atoms with van der Waals surface area (Å²) in [6.45, 7) is 7.62. The Morgan fingerprint density at radius 2 is 2.20 bits per heavy atom. The molecule has 2 atom stereocenters. The van der Waals surface area contributed by atoms with Crippen molar-refractivity contribution in [2.45, 2.75) is 58.8 Å². The van der Waals surface area contributed by atoms with Gasteiger partial charge in [-0.3, -0.25) is 4.79 Å². The molecular formula is C16H31ClN2O. The van der Waals surface area contributed by atoms with Gasteiger partial charge in [0.2, 0.25) is 5.91 Å². The van der Waals surface area contributed by atoms with Gasteiger partial charge >= 0.3 is 0 Å². The Bertz CT molecular complexity index is 299. The Hall–Kier alpha value is -0.280. The standard InChI is InChI=1S/C16H30N2O.ClH/c1-3-6-16(7-8-16)12-18-15(19)10-13(2)14-5-4-9-17-11-14;/h13-14,17H,3-12H2,1-2H3,(H,18,19);1H. The molecule has 2 rings (SSSR count). The van der Waals surface area contributed by atoms with E-state index in [4.69, 9.17) is 0 Å². The molecule has 0 radical (unpaired) electrons. The number of carbonyl (C=O) groups is 1. The highest BCUT2D eigenvalue weighted by atomic mass is 35.5. The molecule has 0 bridgehead atoms. The summed E-state index contributed by atoms with van der Waals surface area (Å²) in [6, 6.07) is 0. The summed E-state index contributed by atoms with van der Waals surface area (Å²) >= 11 is 0. The van der Waals surface area contributed by atoms with E-state index in [1.165, 1.54) is 38.5 Å². The van der Waals surface area contributed by atoms with Crippen LogP contribution in [-0.4, -0.2) is 25.5 Å². The molecule has 20 heavy (non-hydrogen) atoms. The third kappa shape index (κ3) is 5.25. The topological polar surface area (TPSA) is 41.1 Å². The molecule has 0 aromatic carbocycles. The van der Waals surface area contributed by atoms with Crippen LogP contribution in [0.5, 0.6) is 0 Å². The first-order valence-electron chi connectivity index (χ1n) is 8.13. The molecule has 1 saturated heterocycles. The smallest absolute Gasteiger partial charge is 0.220 e. The van der Waals surface area contributed by atoms with Crippen LogP contribution in [-0.2, 0) is 4.79 Å². The van der Waals surface area contributed by atoms with Gasteiger partial charge in [-0.25, -0.2) is 0 Å². The monoisotopic (exact) mass is 302 g/mol. The van der Waals surface area contributed by atoms with Crippen molar-refractivity contribution >= 4 is 18.3 Å². The zero-order valence-electron chi connectivity index (χ0n) is 13.0. The molecule has 4 heteroatoms. The lowest BCUT2D eigenvalue weighted by atomic mass is 9.85. The molecule has 2 N–H and O–H groups in total. The van der Waals surface area contributed by atoms with Gasteiger partial charge in [0.15, 0.2) is 0 Å². The maximum Gasteiger partial charge on any atom is 0.220 e. The summed E-state index contributed by atoms with van der Waals surface area (Å²) in [4.78, 5) is 12.0. The second-order valence-electron chi connectivity index (χ2n) is 6.81. The minimum absolute atomic E-state index is 0. The molecule has 1 aliphatic heterocycles. The average molecular weight is 303 g/mol. The van der Waals surface area contributed by atoms with Crippen LogP contribution in [0.1, 0.15) is 58.8 Å². The Morgan fingerprint density at radius 1 is 1.45 bits per heavy atom. The summed E-state index contributed by atoms with van der Waals surface area (Å²) in [5.41, 5.74) is 0.472. The first-order valence-corrected chi connectivity index (χ1v) is 8.13. The van der Waals surface area contributed by atoms with Gasteiger partial charge in [0.05, 0.1) is 0 Å². The zero-order chi connectivity index (χ0) is 13.7. The Morgan fingerprint density at radius 3 is 2.75 bits per heavy atom. The minimum atomic E-state index is 0. The molecule has 0 aromatic heterocycles. The van der Waals surface area contributed by atoms with Gasteiger partial charge in [0, 0.05) is 13.0 Å². The number of nitrogens with one attached hydrogen (secondary N) is 2. The first kappa shape index (κ1) is 17.8. The van der Waals surface area contributed by atoms with Crippen LogP contribution in [0.4, 0.5) is 0 Å². The van der Waals surface area contributed by atoms with Crippen molar-refractivity contribution in [1.29, 1.82) is 0 Å². The second-order valence-corrected chi connectivity index (χ2v) is 6.81. The number of amides is 1. The van der Waals surface area contributed by atoms with Crippen molar-refractivity contribution in [2.75, 3.05) is 19.6 Å². The number of hydrogen-bond acceptors (Lipinski definition) is 2. The molecule has 3 nitrogen and oxygen atoms in total. The summed E-state index contributed by atoms with van der Waals surface area (Å²) in [5.74, 6) is 1.46. The molecule has 1 saturated carbocycles. The number of carbonyl (C=O) groups excluding carboxylic acids is 1. The maximum atomic E-state index is 12.0.